The second-order valence-electron chi connectivity index (χ2n) is 3.92. The number of hydrogen-bond donors (Lipinski definition) is 2. The Balaban J connectivity index is 2.17. The number of rotatable bonds is 6. The number of nitrogens with one attached hydrogen (secondary N) is 2. The van der Waals surface area contributed by atoms with Crippen LogP contribution >= 0.6 is 0 Å². The van der Waals surface area contributed by atoms with Gasteiger partial charge in [-0.1, -0.05) is 30.3 Å². The highest BCUT2D eigenvalue weighted by molar-refractivity contribution is 5.77. The number of carbonyl (C=O) groups excluding carboxylic acids is 2. The lowest BCUT2D eigenvalue weighted by Crippen LogP contribution is -2.37. The second-order valence-corrected chi connectivity index (χ2v) is 3.92. The second kappa shape index (κ2) is 8.10. The van der Waals surface area contributed by atoms with Gasteiger partial charge in [-0.05, 0) is 5.56 Å². The SMILES string of the molecule is CON(C)C(=O)CCNC(=O)NCc1ccccc1. The molecule has 2 N–H and O–H groups in total. The highest BCUT2D eigenvalue weighted by atomic mass is 16.7. The largest absolute Gasteiger partial charge is 0.338 e. The van der Waals surface area contributed by atoms with E-state index in [0.717, 1.165) is 10.6 Å². The zero-order valence-electron chi connectivity index (χ0n) is 11.2. The van der Waals surface area contributed by atoms with Gasteiger partial charge in [-0.25, -0.2) is 9.86 Å². The van der Waals surface area contributed by atoms with Gasteiger partial charge in [0.1, 0.15) is 0 Å². The van der Waals surface area contributed by atoms with Gasteiger partial charge in [0, 0.05) is 26.6 Å². The molecule has 1 rings (SSSR count). The summed E-state index contributed by atoms with van der Waals surface area (Å²) in [4.78, 5) is 27.6. The van der Waals surface area contributed by atoms with Crippen LogP contribution in [0.2, 0.25) is 0 Å². The Bertz CT molecular complexity index is 409. The molecule has 0 fully saturated rings. The van der Waals surface area contributed by atoms with Crippen molar-refractivity contribution in [2.24, 2.45) is 0 Å². The Kier molecular flexibility index (Phi) is 6.38. The summed E-state index contributed by atoms with van der Waals surface area (Å²) in [6.07, 6.45) is 0.198. The van der Waals surface area contributed by atoms with Crippen molar-refractivity contribution < 1.29 is 14.4 Å². The smallest absolute Gasteiger partial charge is 0.315 e. The van der Waals surface area contributed by atoms with Crippen LogP contribution in [0.5, 0.6) is 0 Å². The molecule has 0 bridgehead atoms. The van der Waals surface area contributed by atoms with Gasteiger partial charge in [0.05, 0.1) is 7.11 Å². The van der Waals surface area contributed by atoms with E-state index in [-0.39, 0.29) is 24.9 Å². The molecule has 6 heteroatoms. The molecule has 0 saturated heterocycles. The molecular weight excluding hydrogens is 246 g/mol. The van der Waals surface area contributed by atoms with Gasteiger partial charge in [0.15, 0.2) is 0 Å². The molecule has 0 aliphatic heterocycles. The molecule has 3 amide bonds. The third-order valence-electron chi connectivity index (χ3n) is 2.55. The Labute approximate surface area is 112 Å². The van der Waals surface area contributed by atoms with Gasteiger partial charge in [0.2, 0.25) is 5.91 Å². The van der Waals surface area contributed by atoms with E-state index in [1.54, 1.807) is 0 Å². The molecule has 1 aromatic rings. The number of nitrogens with zero attached hydrogens (tertiary/aromatic N) is 1. The van der Waals surface area contributed by atoms with E-state index in [1.807, 2.05) is 30.3 Å². The summed E-state index contributed by atoms with van der Waals surface area (Å²) >= 11 is 0. The molecule has 0 radical (unpaired) electrons. The summed E-state index contributed by atoms with van der Waals surface area (Å²) in [5.41, 5.74) is 1.02. The topological polar surface area (TPSA) is 70.7 Å². The maximum absolute atomic E-state index is 11.5. The van der Waals surface area contributed by atoms with E-state index >= 15 is 0 Å². The average Bonchev–Trinajstić information content (AvgIpc) is 2.45. The first-order valence-electron chi connectivity index (χ1n) is 5.99. The Morgan fingerprint density at radius 2 is 1.89 bits per heavy atom. The number of hydroxylamine groups is 2. The lowest BCUT2D eigenvalue weighted by atomic mass is 10.2. The van der Waals surface area contributed by atoms with Crippen LogP contribution in [0.1, 0.15) is 12.0 Å². The molecule has 104 valence electrons. The minimum atomic E-state index is -0.295. The molecule has 19 heavy (non-hydrogen) atoms. The van der Waals surface area contributed by atoms with Gasteiger partial charge in [-0.2, -0.15) is 0 Å². The van der Waals surface area contributed by atoms with Crippen molar-refractivity contribution in [2.75, 3.05) is 20.7 Å². The van der Waals surface area contributed by atoms with Crippen molar-refractivity contribution in [1.29, 1.82) is 0 Å². The van der Waals surface area contributed by atoms with Crippen molar-refractivity contribution >= 4 is 11.9 Å². The quantitative estimate of drug-likeness (QED) is 0.751. The van der Waals surface area contributed by atoms with Crippen molar-refractivity contribution in [2.45, 2.75) is 13.0 Å². The fraction of sp³-hybridized carbons (Fsp3) is 0.385. The van der Waals surface area contributed by atoms with Gasteiger partial charge in [-0.3, -0.25) is 9.63 Å². The maximum atomic E-state index is 11.5. The monoisotopic (exact) mass is 265 g/mol. The highest BCUT2D eigenvalue weighted by Crippen LogP contribution is 1.96. The lowest BCUT2D eigenvalue weighted by Gasteiger charge is -2.13. The summed E-state index contributed by atoms with van der Waals surface area (Å²) < 4.78 is 0. The van der Waals surface area contributed by atoms with Crippen LogP contribution in [0, 0.1) is 0 Å². The molecule has 6 nitrogen and oxygen atoms in total. The molecule has 0 saturated carbocycles. The van der Waals surface area contributed by atoms with Crippen LogP contribution in [0.25, 0.3) is 0 Å². The fourth-order valence-electron chi connectivity index (χ4n) is 1.38. The maximum Gasteiger partial charge on any atom is 0.315 e. The molecule has 0 heterocycles. The Hall–Kier alpha value is -2.08. The van der Waals surface area contributed by atoms with E-state index in [0.29, 0.717) is 6.54 Å². The lowest BCUT2D eigenvalue weighted by molar-refractivity contribution is -0.168. The van der Waals surface area contributed by atoms with Gasteiger partial charge in [-0.15, -0.1) is 0 Å². The third kappa shape index (κ3) is 5.87. The van der Waals surface area contributed by atoms with Crippen LogP contribution in [-0.2, 0) is 16.2 Å². The van der Waals surface area contributed by atoms with Gasteiger partial charge in [0.25, 0.3) is 0 Å². The first-order valence-corrected chi connectivity index (χ1v) is 5.99. The molecule has 0 atom stereocenters. The molecule has 0 aliphatic rings. The predicted molar refractivity (Wildman–Crippen MR) is 71.1 cm³/mol. The average molecular weight is 265 g/mol. The van der Waals surface area contributed by atoms with Crippen LogP contribution in [0.15, 0.2) is 30.3 Å². The summed E-state index contributed by atoms with van der Waals surface area (Å²) in [5.74, 6) is -0.189. The Morgan fingerprint density at radius 3 is 2.53 bits per heavy atom. The van der Waals surface area contributed by atoms with Crippen molar-refractivity contribution in [3.05, 3.63) is 35.9 Å². The van der Waals surface area contributed by atoms with Crippen molar-refractivity contribution in [3.8, 4) is 0 Å². The normalized spacial score (nSPS) is 9.79. The van der Waals surface area contributed by atoms with Crippen molar-refractivity contribution in [1.82, 2.24) is 15.7 Å². The van der Waals surface area contributed by atoms with Crippen molar-refractivity contribution in [3.63, 3.8) is 0 Å². The molecule has 0 unspecified atom stereocenters. The van der Waals surface area contributed by atoms with Gasteiger partial charge >= 0.3 is 6.03 Å². The molecule has 1 aromatic carbocycles. The van der Waals surface area contributed by atoms with Crippen LogP contribution in [-0.4, -0.2) is 37.7 Å². The molecule has 0 aromatic heterocycles. The first kappa shape index (κ1) is 15.0. The zero-order chi connectivity index (χ0) is 14.1. The fourth-order valence-corrected chi connectivity index (χ4v) is 1.38. The minimum Gasteiger partial charge on any atom is -0.338 e. The number of urea groups is 1. The number of hydrogen-bond acceptors (Lipinski definition) is 3. The number of amides is 3. The minimum absolute atomic E-state index is 0.189. The van der Waals surface area contributed by atoms with Gasteiger partial charge < -0.3 is 10.6 Å². The van der Waals surface area contributed by atoms with E-state index in [2.05, 4.69) is 10.6 Å². The van der Waals surface area contributed by atoms with E-state index < -0.39 is 0 Å². The molecular formula is C13H19N3O3. The van der Waals surface area contributed by atoms with E-state index in [4.69, 9.17) is 4.84 Å². The zero-order valence-corrected chi connectivity index (χ0v) is 11.2. The summed E-state index contributed by atoms with van der Waals surface area (Å²) in [7, 11) is 2.94. The molecule has 0 aliphatic carbocycles. The summed E-state index contributed by atoms with van der Waals surface area (Å²) in [6, 6.07) is 9.30. The van der Waals surface area contributed by atoms with Crippen LogP contribution < -0.4 is 10.6 Å². The first-order chi connectivity index (χ1) is 9.13. The van der Waals surface area contributed by atoms with Crippen LogP contribution in [0.4, 0.5) is 4.79 Å². The molecule has 0 spiro atoms. The summed E-state index contributed by atoms with van der Waals surface area (Å²) in [5, 5.41) is 6.45. The highest BCUT2D eigenvalue weighted by Gasteiger charge is 2.08. The van der Waals surface area contributed by atoms with E-state index in [1.165, 1.54) is 14.2 Å². The van der Waals surface area contributed by atoms with E-state index in [9.17, 15) is 9.59 Å². The van der Waals surface area contributed by atoms with Crippen LogP contribution in [0.3, 0.4) is 0 Å². The number of carbonyl (C=O) groups is 2. The predicted octanol–water partition coefficient (Wildman–Crippen LogP) is 0.896. The summed E-state index contributed by atoms with van der Waals surface area (Å²) in [6.45, 7) is 0.728. The standard InChI is InChI=1S/C13H19N3O3/c1-16(19-2)12(17)8-9-14-13(18)15-10-11-6-4-3-5-7-11/h3-7H,8-10H2,1-2H3,(H2,14,15,18). The Morgan fingerprint density at radius 1 is 1.21 bits per heavy atom. The number of benzene rings is 1. The third-order valence-corrected chi connectivity index (χ3v) is 2.55.